The van der Waals surface area contributed by atoms with Crippen molar-refractivity contribution in [1.82, 2.24) is 19.7 Å². The molecule has 22 heavy (non-hydrogen) atoms. The zero-order chi connectivity index (χ0) is 14.9. The van der Waals surface area contributed by atoms with Crippen molar-refractivity contribution in [1.29, 1.82) is 0 Å². The summed E-state index contributed by atoms with van der Waals surface area (Å²) in [4.78, 5) is 10.8. The van der Waals surface area contributed by atoms with Crippen molar-refractivity contribution in [3.05, 3.63) is 71.4 Å². The Morgan fingerprint density at radius 2 is 1.68 bits per heavy atom. The summed E-state index contributed by atoms with van der Waals surface area (Å²) in [6.45, 7) is 4.56. The van der Waals surface area contributed by atoms with Crippen LogP contribution in [0.25, 0.3) is 0 Å². The minimum absolute atomic E-state index is 0.600. The fourth-order valence-electron chi connectivity index (χ4n) is 2.94. The molecule has 0 amide bonds. The third kappa shape index (κ3) is 2.35. The zero-order valence-electron chi connectivity index (χ0n) is 12.5. The fraction of sp³-hybridized carbons (Fsp3) is 0.235. The maximum absolute atomic E-state index is 4.73. The summed E-state index contributed by atoms with van der Waals surface area (Å²) in [5.74, 6) is 1.83. The molecule has 0 radical (unpaired) electrons. The van der Waals surface area contributed by atoms with Gasteiger partial charge in [0.15, 0.2) is 5.82 Å². The molecule has 4 rings (SSSR count). The number of fused-ring (bicyclic) bond motifs is 1. The number of nitrogens with zero attached hydrogens (tertiary/aromatic N) is 5. The predicted octanol–water partition coefficient (Wildman–Crippen LogP) is 2.55. The maximum Gasteiger partial charge on any atom is 0.154 e. The van der Waals surface area contributed by atoms with E-state index in [4.69, 9.17) is 5.10 Å². The molecule has 0 atom stereocenters. The predicted molar refractivity (Wildman–Crippen MR) is 84.4 cm³/mol. The van der Waals surface area contributed by atoms with Crippen LogP contribution in [0.5, 0.6) is 0 Å². The Kier molecular flexibility index (Phi) is 3.11. The first-order valence-corrected chi connectivity index (χ1v) is 7.41. The van der Waals surface area contributed by atoms with E-state index in [-0.39, 0.29) is 0 Å². The number of rotatable bonds is 3. The van der Waals surface area contributed by atoms with Crippen molar-refractivity contribution in [3.63, 3.8) is 0 Å². The van der Waals surface area contributed by atoms with Crippen LogP contribution in [-0.4, -0.2) is 19.7 Å². The molecule has 0 aliphatic carbocycles. The van der Waals surface area contributed by atoms with E-state index in [1.165, 1.54) is 16.7 Å². The largest absolute Gasteiger partial charge is 0.346 e. The van der Waals surface area contributed by atoms with E-state index in [1.54, 1.807) is 12.4 Å². The molecule has 0 bridgehead atoms. The molecule has 0 spiro atoms. The van der Waals surface area contributed by atoms with E-state index in [1.807, 2.05) is 10.7 Å². The first kappa shape index (κ1) is 13.0. The van der Waals surface area contributed by atoms with Gasteiger partial charge in [0.05, 0.1) is 0 Å². The number of hydrogen-bond donors (Lipinski definition) is 0. The molecule has 1 aromatic carbocycles. The molecule has 3 aromatic rings. The minimum atomic E-state index is 0.600. The lowest BCUT2D eigenvalue weighted by Crippen LogP contribution is -2.16. The Morgan fingerprint density at radius 1 is 1.00 bits per heavy atom. The average Bonchev–Trinajstić information content (AvgIpc) is 3.11. The molecular weight excluding hydrogens is 274 g/mol. The van der Waals surface area contributed by atoms with Crippen molar-refractivity contribution < 1.29 is 0 Å². The summed E-state index contributed by atoms with van der Waals surface area (Å²) in [6.07, 6.45) is 5.59. The highest BCUT2D eigenvalue weighted by Gasteiger charge is 2.22. The van der Waals surface area contributed by atoms with Crippen molar-refractivity contribution in [2.45, 2.75) is 26.6 Å². The quantitative estimate of drug-likeness (QED) is 0.744. The van der Waals surface area contributed by atoms with E-state index < -0.39 is 0 Å². The second-order valence-corrected chi connectivity index (χ2v) is 5.62. The van der Waals surface area contributed by atoms with Crippen molar-refractivity contribution in [3.8, 4) is 0 Å². The van der Waals surface area contributed by atoms with Crippen LogP contribution >= 0.6 is 0 Å². The lowest BCUT2D eigenvalue weighted by atomic mass is 10.1. The van der Waals surface area contributed by atoms with Crippen LogP contribution in [0.2, 0.25) is 0 Å². The summed E-state index contributed by atoms with van der Waals surface area (Å²) >= 11 is 0. The van der Waals surface area contributed by atoms with Gasteiger partial charge < -0.3 is 4.90 Å². The molecular formula is C17H17N5. The molecule has 5 nitrogen and oxygen atoms in total. The Morgan fingerprint density at radius 3 is 2.36 bits per heavy atom. The summed E-state index contributed by atoms with van der Waals surface area (Å²) in [5, 5.41) is 4.73. The summed E-state index contributed by atoms with van der Waals surface area (Å²) in [7, 11) is 0. The van der Waals surface area contributed by atoms with Gasteiger partial charge in [0.1, 0.15) is 12.4 Å². The number of aryl methyl sites for hydroxylation is 1. The number of benzene rings is 1. The second-order valence-electron chi connectivity index (χ2n) is 5.62. The smallest absolute Gasteiger partial charge is 0.154 e. The summed E-state index contributed by atoms with van der Waals surface area (Å²) in [6, 6.07) is 10.4. The van der Waals surface area contributed by atoms with E-state index in [9.17, 15) is 0 Å². The van der Waals surface area contributed by atoms with E-state index in [0.717, 1.165) is 24.7 Å². The highest BCUT2D eigenvalue weighted by Crippen LogP contribution is 2.29. The van der Waals surface area contributed by atoms with Gasteiger partial charge in [0.2, 0.25) is 0 Å². The van der Waals surface area contributed by atoms with Gasteiger partial charge >= 0.3 is 0 Å². The van der Waals surface area contributed by atoms with Gasteiger partial charge in [-0.1, -0.05) is 24.3 Å². The minimum Gasteiger partial charge on any atom is -0.346 e. The topological polar surface area (TPSA) is 46.8 Å². The van der Waals surface area contributed by atoms with Gasteiger partial charge in [0.25, 0.3) is 0 Å². The van der Waals surface area contributed by atoms with Crippen LogP contribution < -0.4 is 4.90 Å². The Balaban J connectivity index is 1.57. The second kappa shape index (κ2) is 5.26. The number of aromatic nitrogens is 4. The standard InChI is InChI=1S/C17H17N5/c1-13-9-22(12-16-18-7-4-8-19-16)20-17(13)21-10-14-5-2-3-6-15(14)11-21/h2-9H,10-12H2,1H3. The Hall–Kier alpha value is -2.69. The molecule has 0 saturated heterocycles. The van der Waals surface area contributed by atoms with Crippen LogP contribution in [0.15, 0.2) is 48.9 Å². The normalized spacial score (nSPS) is 13.4. The fourth-order valence-corrected chi connectivity index (χ4v) is 2.94. The van der Waals surface area contributed by atoms with Gasteiger partial charge in [-0.3, -0.25) is 4.68 Å². The molecule has 2 aromatic heterocycles. The molecule has 3 heterocycles. The third-order valence-electron chi connectivity index (χ3n) is 3.98. The van der Waals surface area contributed by atoms with Crippen LogP contribution in [0.1, 0.15) is 22.5 Å². The third-order valence-corrected chi connectivity index (χ3v) is 3.98. The molecule has 0 unspecified atom stereocenters. The van der Waals surface area contributed by atoms with Crippen molar-refractivity contribution in [2.75, 3.05) is 4.90 Å². The van der Waals surface area contributed by atoms with Crippen LogP contribution in [0, 0.1) is 6.92 Å². The average molecular weight is 291 g/mol. The molecule has 0 fully saturated rings. The van der Waals surface area contributed by atoms with Crippen LogP contribution in [0.4, 0.5) is 5.82 Å². The van der Waals surface area contributed by atoms with Crippen LogP contribution in [-0.2, 0) is 19.6 Å². The van der Waals surface area contributed by atoms with Gasteiger partial charge in [-0.15, -0.1) is 0 Å². The monoisotopic (exact) mass is 291 g/mol. The lowest BCUT2D eigenvalue weighted by Gasteiger charge is -2.15. The Bertz CT molecular complexity index is 769. The van der Waals surface area contributed by atoms with Gasteiger partial charge in [0, 0.05) is 37.2 Å². The number of hydrogen-bond acceptors (Lipinski definition) is 4. The molecule has 1 aliphatic heterocycles. The summed E-state index contributed by atoms with van der Waals surface area (Å²) in [5.41, 5.74) is 3.97. The van der Waals surface area contributed by atoms with E-state index in [2.05, 4.69) is 52.3 Å². The van der Waals surface area contributed by atoms with Crippen molar-refractivity contribution >= 4 is 5.82 Å². The van der Waals surface area contributed by atoms with Crippen LogP contribution in [0.3, 0.4) is 0 Å². The zero-order valence-corrected chi connectivity index (χ0v) is 12.5. The summed E-state index contributed by atoms with van der Waals surface area (Å²) < 4.78 is 1.92. The molecule has 110 valence electrons. The molecule has 0 N–H and O–H groups in total. The lowest BCUT2D eigenvalue weighted by molar-refractivity contribution is 0.648. The molecule has 5 heteroatoms. The maximum atomic E-state index is 4.73. The highest BCUT2D eigenvalue weighted by atomic mass is 15.4. The SMILES string of the molecule is Cc1cn(Cc2ncccn2)nc1N1Cc2ccccc2C1. The van der Waals surface area contributed by atoms with Gasteiger partial charge in [-0.2, -0.15) is 5.10 Å². The molecule has 1 aliphatic rings. The van der Waals surface area contributed by atoms with Gasteiger partial charge in [-0.25, -0.2) is 9.97 Å². The molecule has 0 saturated carbocycles. The number of anilines is 1. The highest BCUT2D eigenvalue weighted by molar-refractivity contribution is 5.51. The van der Waals surface area contributed by atoms with E-state index in [0.29, 0.717) is 6.54 Å². The Labute approximate surface area is 129 Å². The van der Waals surface area contributed by atoms with Crippen molar-refractivity contribution in [2.24, 2.45) is 0 Å². The van der Waals surface area contributed by atoms with Gasteiger partial charge in [-0.05, 0) is 24.1 Å². The first-order valence-electron chi connectivity index (χ1n) is 7.41. The van der Waals surface area contributed by atoms with E-state index >= 15 is 0 Å². The first-order chi connectivity index (χ1) is 10.8.